The number of nitrogens with zero attached hydrogens (tertiary/aromatic N) is 1. The van der Waals surface area contributed by atoms with Gasteiger partial charge in [-0.3, -0.25) is 4.98 Å². The Morgan fingerprint density at radius 3 is 2.74 bits per heavy atom. The molecule has 2 aromatic heterocycles. The van der Waals surface area contributed by atoms with E-state index in [-0.39, 0.29) is 0 Å². The second kappa shape index (κ2) is 5.89. The molecule has 0 radical (unpaired) electrons. The molecule has 1 atom stereocenters. The van der Waals surface area contributed by atoms with Gasteiger partial charge in [0, 0.05) is 17.3 Å². The molecule has 0 aromatic carbocycles. The Bertz CT molecular complexity index is 548. The molecule has 0 saturated carbocycles. The summed E-state index contributed by atoms with van der Waals surface area (Å²) in [7, 11) is 0. The second-order valence-electron chi connectivity index (χ2n) is 4.57. The van der Waals surface area contributed by atoms with Crippen LogP contribution in [0.5, 0.6) is 5.75 Å². The number of hydrogen-bond donors (Lipinski definition) is 1. The SMILES string of the molecule is CCCOc1cncc(C(O)c2cc(C)oc2C)c1. The van der Waals surface area contributed by atoms with Crippen LogP contribution in [0.25, 0.3) is 0 Å². The van der Waals surface area contributed by atoms with Gasteiger partial charge in [-0.15, -0.1) is 0 Å². The molecule has 2 aromatic rings. The van der Waals surface area contributed by atoms with E-state index >= 15 is 0 Å². The van der Waals surface area contributed by atoms with Crippen molar-refractivity contribution in [1.29, 1.82) is 0 Å². The molecular formula is C15H19NO3. The third-order valence-corrected chi connectivity index (χ3v) is 2.90. The fraction of sp³-hybridized carbons (Fsp3) is 0.400. The number of furan rings is 1. The van der Waals surface area contributed by atoms with Gasteiger partial charge in [0.1, 0.15) is 23.4 Å². The van der Waals surface area contributed by atoms with Gasteiger partial charge in [-0.2, -0.15) is 0 Å². The summed E-state index contributed by atoms with van der Waals surface area (Å²) in [6, 6.07) is 3.66. The zero-order chi connectivity index (χ0) is 13.8. The Labute approximate surface area is 113 Å². The van der Waals surface area contributed by atoms with Crippen LogP contribution in [0.3, 0.4) is 0 Å². The maximum atomic E-state index is 10.4. The summed E-state index contributed by atoms with van der Waals surface area (Å²) in [5, 5.41) is 10.4. The van der Waals surface area contributed by atoms with Gasteiger partial charge in [-0.1, -0.05) is 6.92 Å². The number of aryl methyl sites for hydroxylation is 2. The summed E-state index contributed by atoms with van der Waals surface area (Å²) in [6.45, 7) is 6.40. The summed E-state index contributed by atoms with van der Waals surface area (Å²) >= 11 is 0. The van der Waals surface area contributed by atoms with Crippen molar-refractivity contribution in [2.75, 3.05) is 6.61 Å². The van der Waals surface area contributed by atoms with E-state index in [1.165, 1.54) is 0 Å². The van der Waals surface area contributed by atoms with Gasteiger partial charge < -0.3 is 14.3 Å². The molecule has 102 valence electrons. The van der Waals surface area contributed by atoms with Gasteiger partial charge in [0.05, 0.1) is 12.8 Å². The Morgan fingerprint density at radius 1 is 1.32 bits per heavy atom. The highest BCUT2D eigenvalue weighted by molar-refractivity contribution is 5.34. The monoisotopic (exact) mass is 261 g/mol. The number of rotatable bonds is 5. The van der Waals surface area contributed by atoms with Crippen LogP contribution in [0.4, 0.5) is 0 Å². The van der Waals surface area contributed by atoms with Gasteiger partial charge in [0.2, 0.25) is 0 Å². The van der Waals surface area contributed by atoms with Crippen LogP contribution in [0.15, 0.2) is 28.9 Å². The minimum atomic E-state index is -0.741. The van der Waals surface area contributed by atoms with Gasteiger partial charge in [0.15, 0.2) is 0 Å². The maximum absolute atomic E-state index is 10.4. The van der Waals surface area contributed by atoms with Crippen molar-refractivity contribution >= 4 is 0 Å². The van der Waals surface area contributed by atoms with Crippen molar-refractivity contribution in [3.05, 3.63) is 47.2 Å². The summed E-state index contributed by atoms with van der Waals surface area (Å²) in [5.74, 6) is 2.19. The summed E-state index contributed by atoms with van der Waals surface area (Å²) in [6.07, 6.45) is 3.49. The first-order chi connectivity index (χ1) is 9.11. The molecule has 0 spiro atoms. The first-order valence-electron chi connectivity index (χ1n) is 6.44. The highest BCUT2D eigenvalue weighted by Crippen LogP contribution is 2.28. The van der Waals surface area contributed by atoms with Gasteiger partial charge in [-0.25, -0.2) is 0 Å². The highest BCUT2D eigenvalue weighted by atomic mass is 16.5. The molecule has 0 aliphatic carbocycles. The number of pyridine rings is 1. The van der Waals surface area contributed by atoms with Gasteiger partial charge >= 0.3 is 0 Å². The van der Waals surface area contributed by atoms with Crippen molar-refractivity contribution in [1.82, 2.24) is 4.98 Å². The van der Waals surface area contributed by atoms with Gasteiger partial charge in [0.25, 0.3) is 0 Å². The summed E-state index contributed by atoms with van der Waals surface area (Å²) in [5.41, 5.74) is 1.48. The molecule has 0 aliphatic rings. The lowest BCUT2D eigenvalue weighted by molar-refractivity contribution is 0.216. The van der Waals surface area contributed by atoms with Crippen molar-refractivity contribution in [3.8, 4) is 5.75 Å². The lowest BCUT2D eigenvalue weighted by Gasteiger charge is -2.11. The maximum Gasteiger partial charge on any atom is 0.137 e. The third kappa shape index (κ3) is 3.15. The minimum Gasteiger partial charge on any atom is -0.492 e. The van der Waals surface area contributed by atoms with Crippen LogP contribution < -0.4 is 4.74 Å². The topological polar surface area (TPSA) is 55.5 Å². The van der Waals surface area contributed by atoms with Crippen LogP contribution in [0.1, 0.15) is 42.1 Å². The fourth-order valence-electron chi connectivity index (χ4n) is 1.99. The molecule has 0 bridgehead atoms. The number of aliphatic hydroxyl groups is 1. The normalized spacial score (nSPS) is 12.4. The first kappa shape index (κ1) is 13.6. The summed E-state index contributed by atoms with van der Waals surface area (Å²) in [4.78, 5) is 4.10. The van der Waals surface area contributed by atoms with E-state index in [4.69, 9.17) is 9.15 Å². The second-order valence-corrected chi connectivity index (χ2v) is 4.57. The average Bonchev–Trinajstić information content (AvgIpc) is 2.75. The van der Waals surface area contributed by atoms with E-state index in [0.29, 0.717) is 17.9 Å². The van der Waals surface area contributed by atoms with E-state index in [1.54, 1.807) is 12.4 Å². The molecule has 1 unspecified atom stereocenters. The molecular weight excluding hydrogens is 242 g/mol. The fourth-order valence-corrected chi connectivity index (χ4v) is 1.99. The molecule has 0 amide bonds. The molecule has 2 heterocycles. The molecule has 0 aliphatic heterocycles. The zero-order valence-corrected chi connectivity index (χ0v) is 11.5. The van der Waals surface area contributed by atoms with E-state index in [2.05, 4.69) is 4.98 Å². The molecule has 0 fully saturated rings. The van der Waals surface area contributed by atoms with Crippen LogP contribution in [-0.2, 0) is 0 Å². The zero-order valence-electron chi connectivity index (χ0n) is 11.5. The molecule has 2 rings (SSSR count). The predicted molar refractivity (Wildman–Crippen MR) is 72.3 cm³/mol. The van der Waals surface area contributed by atoms with Gasteiger partial charge in [-0.05, 0) is 32.4 Å². The lowest BCUT2D eigenvalue weighted by Crippen LogP contribution is -2.02. The molecule has 4 heteroatoms. The van der Waals surface area contributed by atoms with Crippen molar-refractivity contribution in [2.24, 2.45) is 0 Å². The van der Waals surface area contributed by atoms with Crippen LogP contribution in [0.2, 0.25) is 0 Å². The third-order valence-electron chi connectivity index (χ3n) is 2.90. The molecule has 1 N–H and O–H groups in total. The van der Waals surface area contributed by atoms with E-state index in [9.17, 15) is 5.11 Å². The average molecular weight is 261 g/mol. The van der Waals surface area contributed by atoms with Crippen LogP contribution in [0, 0.1) is 13.8 Å². The van der Waals surface area contributed by atoms with Crippen molar-refractivity contribution in [2.45, 2.75) is 33.3 Å². The minimum absolute atomic E-state index is 0.644. The smallest absolute Gasteiger partial charge is 0.137 e. The Hall–Kier alpha value is -1.81. The Morgan fingerprint density at radius 2 is 2.11 bits per heavy atom. The molecule has 4 nitrogen and oxygen atoms in total. The number of aromatic nitrogens is 1. The Kier molecular flexibility index (Phi) is 4.22. The largest absolute Gasteiger partial charge is 0.492 e. The first-order valence-corrected chi connectivity index (χ1v) is 6.44. The molecule has 19 heavy (non-hydrogen) atoms. The number of aliphatic hydroxyl groups excluding tert-OH is 1. The summed E-state index contributed by atoms with van der Waals surface area (Å²) < 4.78 is 11.0. The quantitative estimate of drug-likeness (QED) is 0.898. The number of ether oxygens (including phenoxy) is 1. The van der Waals surface area contributed by atoms with Crippen molar-refractivity contribution in [3.63, 3.8) is 0 Å². The van der Waals surface area contributed by atoms with E-state index < -0.39 is 6.10 Å². The van der Waals surface area contributed by atoms with E-state index in [1.807, 2.05) is 32.9 Å². The van der Waals surface area contributed by atoms with Crippen LogP contribution >= 0.6 is 0 Å². The Balaban J connectivity index is 2.23. The lowest BCUT2D eigenvalue weighted by atomic mass is 10.0. The van der Waals surface area contributed by atoms with Crippen LogP contribution in [-0.4, -0.2) is 16.7 Å². The van der Waals surface area contributed by atoms with Crippen molar-refractivity contribution < 1.29 is 14.3 Å². The highest BCUT2D eigenvalue weighted by Gasteiger charge is 2.17. The predicted octanol–water partition coefficient (Wildman–Crippen LogP) is 3.16. The standard InChI is InChI=1S/C15H19NO3/c1-4-5-18-13-7-12(8-16-9-13)15(17)14-6-10(2)19-11(14)3/h6-9,15,17H,4-5H2,1-3H3. The molecule has 0 saturated heterocycles. The number of hydrogen-bond acceptors (Lipinski definition) is 4. The van der Waals surface area contributed by atoms with E-state index in [0.717, 1.165) is 23.5 Å².